The molecule has 0 saturated carbocycles. The largest absolute Gasteiger partial charge is 0.491 e. The average molecular weight is 305 g/mol. The number of benzene rings is 3. The lowest BCUT2D eigenvalue weighted by molar-refractivity contribution is 0.201. The first-order valence-corrected chi connectivity index (χ1v) is 7.62. The highest BCUT2D eigenvalue weighted by Gasteiger charge is 2.11. The summed E-state index contributed by atoms with van der Waals surface area (Å²) in [6, 6.07) is 28.4. The van der Waals surface area contributed by atoms with Crippen LogP contribution >= 0.6 is 0 Å². The molecule has 0 unspecified atom stereocenters. The molecule has 0 radical (unpaired) electrons. The number of ether oxygens (including phenoxy) is 1. The van der Waals surface area contributed by atoms with E-state index in [0.717, 1.165) is 22.8 Å². The highest BCUT2D eigenvalue weighted by atomic mass is 16.5. The Morgan fingerprint density at radius 2 is 1.13 bits per heavy atom. The normalized spacial score (nSPS) is 10.3. The second-order valence-electron chi connectivity index (χ2n) is 5.07. The Kier molecular flexibility index (Phi) is 4.92. The number of aliphatic hydroxyl groups excluding tert-OH is 1. The maximum atomic E-state index is 8.83. The van der Waals surface area contributed by atoms with E-state index in [-0.39, 0.29) is 6.61 Å². The van der Waals surface area contributed by atoms with Crippen molar-refractivity contribution in [3.8, 4) is 5.75 Å². The predicted octanol–water partition coefficient (Wildman–Crippen LogP) is 4.53. The molecule has 0 aliphatic carbocycles. The van der Waals surface area contributed by atoms with Crippen LogP contribution in [0.5, 0.6) is 5.75 Å². The summed E-state index contributed by atoms with van der Waals surface area (Å²) in [5, 5.41) is 8.83. The molecule has 0 saturated heterocycles. The number of nitrogens with zero attached hydrogens (tertiary/aromatic N) is 1. The quantitative estimate of drug-likeness (QED) is 0.726. The van der Waals surface area contributed by atoms with Crippen LogP contribution in [-0.4, -0.2) is 18.3 Å². The van der Waals surface area contributed by atoms with Gasteiger partial charge in [-0.05, 0) is 48.5 Å². The lowest BCUT2D eigenvalue weighted by atomic mass is 10.2. The van der Waals surface area contributed by atoms with Crippen LogP contribution in [0.1, 0.15) is 0 Å². The van der Waals surface area contributed by atoms with Gasteiger partial charge in [0.25, 0.3) is 0 Å². The Morgan fingerprint density at radius 1 is 0.652 bits per heavy atom. The van der Waals surface area contributed by atoms with Gasteiger partial charge in [0.1, 0.15) is 12.4 Å². The molecule has 0 aromatic heterocycles. The third kappa shape index (κ3) is 3.71. The van der Waals surface area contributed by atoms with Gasteiger partial charge in [0.05, 0.1) is 6.61 Å². The molecular formula is C20H19NO2. The first-order valence-electron chi connectivity index (χ1n) is 7.62. The summed E-state index contributed by atoms with van der Waals surface area (Å²) in [7, 11) is 0. The number of aliphatic hydroxyl groups is 1. The molecule has 23 heavy (non-hydrogen) atoms. The smallest absolute Gasteiger partial charge is 0.119 e. The van der Waals surface area contributed by atoms with Crippen LogP contribution in [-0.2, 0) is 0 Å². The molecule has 116 valence electrons. The lowest BCUT2D eigenvalue weighted by Gasteiger charge is -2.25. The molecule has 0 spiro atoms. The molecular weight excluding hydrogens is 286 g/mol. The van der Waals surface area contributed by atoms with Crippen LogP contribution < -0.4 is 9.64 Å². The molecule has 0 aliphatic rings. The Morgan fingerprint density at radius 3 is 1.61 bits per heavy atom. The molecule has 3 aromatic carbocycles. The minimum atomic E-state index is 0.0158. The second kappa shape index (κ2) is 7.47. The van der Waals surface area contributed by atoms with Gasteiger partial charge in [-0.3, -0.25) is 0 Å². The van der Waals surface area contributed by atoms with Gasteiger partial charge in [-0.2, -0.15) is 0 Å². The minimum absolute atomic E-state index is 0.0158. The fourth-order valence-corrected chi connectivity index (χ4v) is 2.46. The van der Waals surface area contributed by atoms with Gasteiger partial charge in [-0.15, -0.1) is 0 Å². The zero-order chi connectivity index (χ0) is 15.9. The monoisotopic (exact) mass is 305 g/mol. The number of hydrogen-bond donors (Lipinski definition) is 1. The van der Waals surface area contributed by atoms with Crippen molar-refractivity contribution in [3.63, 3.8) is 0 Å². The standard InChI is InChI=1S/C20H19NO2/c22-15-16-23-20-13-11-19(12-14-20)21(17-7-3-1-4-8-17)18-9-5-2-6-10-18/h1-14,22H,15-16H2. The van der Waals surface area contributed by atoms with Crippen molar-refractivity contribution in [2.24, 2.45) is 0 Å². The molecule has 0 atom stereocenters. The van der Waals surface area contributed by atoms with E-state index in [1.165, 1.54) is 0 Å². The fraction of sp³-hybridized carbons (Fsp3) is 0.100. The maximum absolute atomic E-state index is 8.83. The van der Waals surface area contributed by atoms with E-state index in [1.54, 1.807) is 0 Å². The lowest BCUT2D eigenvalue weighted by Crippen LogP contribution is -2.09. The number of para-hydroxylation sites is 2. The summed E-state index contributed by atoms with van der Waals surface area (Å²) in [5.41, 5.74) is 3.25. The Hall–Kier alpha value is -2.78. The number of anilines is 3. The van der Waals surface area contributed by atoms with Gasteiger partial charge in [-0.25, -0.2) is 0 Å². The predicted molar refractivity (Wildman–Crippen MR) is 93.7 cm³/mol. The van der Waals surface area contributed by atoms with E-state index in [2.05, 4.69) is 29.2 Å². The molecule has 0 amide bonds. The van der Waals surface area contributed by atoms with E-state index in [9.17, 15) is 0 Å². The van der Waals surface area contributed by atoms with Crippen molar-refractivity contribution in [2.45, 2.75) is 0 Å². The number of hydrogen-bond acceptors (Lipinski definition) is 3. The summed E-state index contributed by atoms with van der Waals surface area (Å²) < 4.78 is 5.43. The van der Waals surface area contributed by atoms with E-state index in [4.69, 9.17) is 9.84 Å². The van der Waals surface area contributed by atoms with Gasteiger partial charge >= 0.3 is 0 Å². The van der Waals surface area contributed by atoms with Crippen molar-refractivity contribution < 1.29 is 9.84 Å². The average Bonchev–Trinajstić information content (AvgIpc) is 2.63. The molecule has 0 aliphatic heterocycles. The maximum Gasteiger partial charge on any atom is 0.119 e. The zero-order valence-corrected chi connectivity index (χ0v) is 12.8. The van der Waals surface area contributed by atoms with E-state index < -0.39 is 0 Å². The number of rotatable bonds is 6. The van der Waals surface area contributed by atoms with E-state index >= 15 is 0 Å². The first-order chi connectivity index (χ1) is 11.4. The van der Waals surface area contributed by atoms with Crippen molar-refractivity contribution in [2.75, 3.05) is 18.1 Å². The van der Waals surface area contributed by atoms with E-state index in [0.29, 0.717) is 6.61 Å². The van der Waals surface area contributed by atoms with Crippen molar-refractivity contribution in [1.82, 2.24) is 0 Å². The highest BCUT2D eigenvalue weighted by molar-refractivity contribution is 5.76. The second-order valence-corrected chi connectivity index (χ2v) is 5.07. The van der Waals surface area contributed by atoms with Gasteiger partial charge in [0.15, 0.2) is 0 Å². The van der Waals surface area contributed by atoms with Crippen molar-refractivity contribution in [3.05, 3.63) is 84.9 Å². The fourth-order valence-electron chi connectivity index (χ4n) is 2.46. The zero-order valence-electron chi connectivity index (χ0n) is 12.8. The van der Waals surface area contributed by atoms with Crippen LogP contribution in [0.3, 0.4) is 0 Å². The molecule has 0 bridgehead atoms. The SMILES string of the molecule is OCCOc1ccc(N(c2ccccc2)c2ccccc2)cc1. The van der Waals surface area contributed by atoms with Crippen LogP contribution in [0.25, 0.3) is 0 Å². The molecule has 3 nitrogen and oxygen atoms in total. The summed E-state index contributed by atoms with van der Waals surface area (Å²) in [6.45, 7) is 0.322. The topological polar surface area (TPSA) is 32.7 Å². The van der Waals surface area contributed by atoms with Gasteiger partial charge < -0.3 is 14.7 Å². The van der Waals surface area contributed by atoms with Crippen LogP contribution in [0, 0.1) is 0 Å². The summed E-state index contributed by atoms with van der Waals surface area (Å²) in [4.78, 5) is 2.19. The molecule has 3 rings (SSSR count). The van der Waals surface area contributed by atoms with Gasteiger partial charge in [0.2, 0.25) is 0 Å². The van der Waals surface area contributed by atoms with Gasteiger partial charge in [-0.1, -0.05) is 36.4 Å². The van der Waals surface area contributed by atoms with Crippen molar-refractivity contribution >= 4 is 17.1 Å². The summed E-state index contributed by atoms with van der Waals surface area (Å²) >= 11 is 0. The first kappa shape index (κ1) is 15.1. The third-order valence-electron chi connectivity index (χ3n) is 3.48. The molecule has 0 fully saturated rings. The van der Waals surface area contributed by atoms with E-state index in [1.807, 2.05) is 60.7 Å². The summed E-state index contributed by atoms with van der Waals surface area (Å²) in [5.74, 6) is 0.754. The Bertz CT molecular complexity index is 672. The van der Waals surface area contributed by atoms with Crippen LogP contribution in [0.15, 0.2) is 84.9 Å². The molecule has 0 heterocycles. The highest BCUT2D eigenvalue weighted by Crippen LogP contribution is 2.34. The molecule has 1 N–H and O–H groups in total. The Balaban J connectivity index is 1.96. The van der Waals surface area contributed by atoms with Crippen LogP contribution in [0.4, 0.5) is 17.1 Å². The molecule has 3 aromatic rings. The summed E-state index contributed by atoms with van der Waals surface area (Å²) in [6.07, 6.45) is 0. The van der Waals surface area contributed by atoms with Crippen molar-refractivity contribution in [1.29, 1.82) is 0 Å². The van der Waals surface area contributed by atoms with Gasteiger partial charge in [0, 0.05) is 17.1 Å². The Labute approximate surface area is 136 Å². The molecule has 3 heteroatoms. The minimum Gasteiger partial charge on any atom is -0.491 e. The third-order valence-corrected chi connectivity index (χ3v) is 3.48. The van der Waals surface area contributed by atoms with Crippen LogP contribution in [0.2, 0.25) is 0 Å².